The fraction of sp³-hybridized carbons (Fsp3) is 0.190. The highest BCUT2D eigenvalue weighted by molar-refractivity contribution is 8.05. The molecule has 3 aromatic rings. The average molecular weight is 441 g/mol. The standard InChI is InChI=1S/C21H17F2N5O2S/c1-20(9-8-15(31-20)18(29)30)16-6-7-17(24)28(27-16)19(25)21(22,23)13-4-5-14-12(11-13)3-2-10-26-14/h2-8,10-11,24-25H,9H2,1H3,(H,29,30). The lowest BCUT2D eigenvalue weighted by Crippen LogP contribution is -2.40. The van der Waals surface area contributed by atoms with Crippen LogP contribution in [0, 0.1) is 10.8 Å². The molecule has 1 aromatic carbocycles. The molecule has 0 bridgehead atoms. The summed E-state index contributed by atoms with van der Waals surface area (Å²) in [6.07, 6.45) is 3.45. The smallest absolute Gasteiger partial charge is 0.341 e. The molecular weight excluding hydrogens is 424 g/mol. The number of carboxylic acid groups (broad SMARTS) is 1. The third kappa shape index (κ3) is 3.63. The van der Waals surface area contributed by atoms with Crippen LogP contribution in [0.4, 0.5) is 8.78 Å². The van der Waals surface area contributed by atoms with Crippen LogP contribution < -0.4 is 5.49 Å². The van der Waals surface area contributed by atoms with Gasteiger partial charge >= 0.3 is 11.9 Å². The highest BCUT2D eigenvalue weighted by Gasteiger charge is 2.41. The van der Waals surface area contributed by atoms with E-state index in [-0.39, 0.29) is 10.4 Å². The lowest BCUT2D eigenvalue weighted by molar-refractivity contribution is -0.131. The number of nitrogens with zero attached hydrogens (tertiary/aromatic N) is 3. The molecule has 0 fully saturated rings. The molecule has 1 atom stereocenters. The third-order valence-electron chi connectivity index (χ3n) is 5.07. The third-order valence-corrected chi connectivity index (χ3v) is 6.46. The Morgan fingerprint density at radius 3 is 2.77 bits per heavy atom. The predicted octanol–water partition coefficient (Wildman–Crippen LogP) is 3.85. The molecule has 3 N–H and O–H groups in total. The van der Waals surface area contributed by atoms with E-state index in [1.165, 1.54) is 30.3 Å². The molecule has 0 radical (unpaired) electrons. The molecule has 0 aliphatic carbocycles. The van der Waals surface area contributed by atoms with E-state index in [2.05, 4.69) is 10.1 Å². The van der Waals surface area contributed by atoms with E-state index in [1.807, 2.05) is 0 Å². The van der Waals surface area contributed by atoms with Gasteiger partial charge < -0.3 is 5.11 Å². The Kier molecular flexibility index (Phi) is 4.97. The number of allylic oxidation sites excluding steroid dienone is 1. The number of halogens is 2. The summed E-state index contributed by atoms with van der Waals surface area (Å²) in [5, 5.41) is 30.0. The topological polar surface area (TPSA) is 116 Å². The van der Waals surface area contributed by atoms with Crippen molar-refractivity contribution in [3.8, 4) is 0 Å². The molecule has 0 saturated carbocycles. The van der Waals surface area contributed by atoms with Crippen molar-refractivity contribution in [1.29, 1.82) is 10.8 Å². The zero-order valence-corrected chi connectivity index (χ0v) is 17.1. The number of rotatable bonds is 4. The number of carboxylic acids is 1. The van der Waals surface area contributed by atoms with Gasteiger partial charge in [-0.3, -0.25) is 15.8 Å². The number of pyridine rings is 1. The van der Waals surface area contributed by atoms with Gasteiger partial charge in [-0.15, -0.1) is 11.8 Å². The first-order chi connectivity index (χ1) is 14.6. The Morgan fingerprint density at radius 2 is 2.06 bits per heavy atom. The van der Waals surface area contributed by atoms with Crippen LogP contribution >= 0.6 is 11.8 Å². The van der Waals surface area contributed by atoms with Gasteiger partial charge in [0.1, 0.15) is 5.49 Å². The van der Waals surface area contributed by atoms with Crippen molar-refractivity contribution in [2.75, 3.05) is 0 Å². The highest BCUT2D eigenvalue weighted by Crippen LogP contribution is 2.48. The number of carbonyl (C=O) groups is 1. The van der Waals surface area contributed by atoms with Gasteiger partial charge in [-0.2, -0.15) is 18.6 Å². The van der Waals surface area contributed by atoms with Crippen molar-refractivity contribution in [1.82, 2.24) is 14.8 Å². The molecule has 7 nitrogen and oxygen atoms in total. The molecule has 1 unspecified atom stereocenters. The molecule has 0 spiro atoms. The van der Waals surface area contributed by atoms with Gasteiger partial charge in [-0.1, -0.05) is 18.2 Å². The summed E-state index contributed by atoms with van der Waals surface area (Å²) in [6, 6.07) is 9.99. The summed E-state index contributed by atoms with van der Waals surface area (Å²) in [4.78, 5) is 15.5. The summed E-state index contributed by atoms with van der Waals surface area (Å²) in [7, 11) is 0. The van der Waals surface area contributed by atoms with E-state index in [1.54, 1.807) is 31.3 Å². The normalized spacial score (nSPS) is 18.7. The van der Waals surface area contributed by atoms with E-state index in [0.717, 1.165) is 11.8 Å². The minimum atomic E-state index is -3.72. The summed E-state index contributed by atoms with van der Waals surface area (Å²) >= 11 is 1.07. The maximum Gasteiger partial charge on any atom is 0.341 e. The van der Waals surface area contributed by atoms with Gasteiger partial charge in [0, 0.05) is 17.1 Å². The highest BCUT2D eigenvalue weighted by atomic mass is 32.2. The Bertz CT molecular complexity index is 1320. The first kappa shape index (κ1) is 20.9. The number of benzene rings is 1. The molecule has 0 amide bonds. The number of hydrogen-bond acceptors (Lipinski definition) is 6. The molecular formula is C21H17F2N5O2S. The van der Waals surface area contributed by atoms with Crippen molar-refractivity contribution in [3.63, 3.8) is 0 Å². The van der Waals surface area contributed by atoms with E-state index in [9.17, 15) is 9.90 Å². The maximum absolute atomic E-state index is 15.2. The molecule has 31 heavy (non-hydrogen) atoms. The molecule has 2 aromatic heterocycles. The Morgan fingerprint density at radius 1 is 1.29 bits per heavy atom. The molecule has 1 aliphatic rings. The minimum Gasteiger partial charge on any atom is -0.477 e. The zero-order valence-electron chi connectivity index (χ0n) is 16.3. The van der Waals surface area contributed by atoms with Crippen LogP contribution in [0.2, 0.25) is 0 Å². The monoisotopic (exact) mass is 441 g/mol. The number of nitrogens with one attached hydrogen (secondary N) is 2. The van der Waals surface area contributed by atoms with Gasteiger partial charge in [0.05, 0.1) is 20.9 Å². The second-order valence-electron chi connectivity index (χ2n) is 7.26. The van der Waals surface area contributed by atoms with Crippen molar-refractivity contribution in [3.05, 3.63) is 76.4 Å². The van der Waals surface area contributed by atoms with Crippen LogP contribution in [0.5, 0.6) is 0 Å². The number of hydrogen-bond donors (Lipinski definition) is 3. The van der Waals surface area contributed by atoms with Gasteiger partial charge in [0.2, 0.25) is 0 Å². The fourth-order valence-electron chi connectivity index (χ4n) is 3.32. The van der Waals surface area contributed by atoms with Crippen molar-refractivity contribution in [2.24, 2.45) is 0 Å². The lowest BCUT2D eigenvalue weighted by Gasteiger charge is -2.25. The quantitative estimate of drug-likeness (QED) is 0.420. The van der Waals surface area contributed by atoms with Gasteiger partial charge in [0.15, 0.2) is 5.84 Å². The van der Waals surface area contributed by atoms with E-state index >= 15 is 8.78 Å². The molecule has 0 saturated heterocycles. The Balaban J connectivity index is 1.71. The van der Waals surface area contributed by atoms with Crippen LogP contribution in [0.3, 0.4) is 0 Å². The zero-order chi connectivity index (χ0) is 22.4. The molecule has 10 heteroatoms. The first-order valence-corrected chi connectivity index (χ1v) is 10.0. The fourth-order valence-corrected chi connectivity index (χ4v) is 4.44. The van der Waals surface area contributed by atoms with Crippen LogP contribution in [0.15, 0.2) is 59.6 Å². The molecule has 1 aliphatic heterocycles. The number of thioether (sulfide) groups is 1. The minimum absolute atomic E-state index is 0.149. The number of aliphatic carboxylic acids is 1. The van der Waals surface area contributed by atoms with Crippen LogP contribution in [-0.4, -0.2) is 31.7 Å². The van der Waals surface area contributed by atoms with Crippen LogP contribution in [0.1, 0.15) is 24.6 Å². The second kappa shape index (κ2) is 7.38. The lowest BCUT2D eigenvalue weighted by atomic mass is 10.0. The molecule has 4 rings (SSSR count). The summed E-state index contributed by atoms with van der Waals surface area (Å²) in [6.45, 7) is 1.75. The predicted molar refractivity (Wildman–Crippen MR) is 112 cm³/mol. The number of aromatic nitrogens is 3. The Labute approximate surface area is 179 Å². The van der Waals surface area contributed by atoms with Crippen LogP contribution in [0.25, 0.3) is 10.9 Å². The second-order valence-corrected chi connectivity index (χ2v) is 8.81. The summed E-state index contributed by atoms with van der Waals surface area (Å²) < 4.78 is 30.3. The SMILES string of the molecule is CC1(c2ccc(=N)n(C(=N)C(F)(F)c3ccc4ncccc4c3)n2)CC=C(C(=O)O)S1. The van der Waals surface area contributed by atoms with Gasteiger partial charge in [0.25, 0.3) is 0 Å². The van der Waals surface area contributed by atoms with Crippen molar-refractivity contribution in [2.45, 2.75) is 24.0 Å². The van der Waals surface area contributed by atoms with Crippen LogP contribution in [-0.2, 0) is 15.5 Å². The average Bonchev–Trinajstić information content (AvgIpc) is 3.17. The van der Waals surface area contributed by atoms with Crippen molar-refractivity contribution >= 4 is 34.5 Å². The maximum atomic E-state index is 15.2. The largest absolute Gasteiger partial charge is 0.477 e. The number of alkyl halides is 2. The van der Waals surface area contributed by atoms with E-state index < -0.39 is 28.0 Å². The van der Waals surface area contributed by atoms with Gasteiger partial charge in [-0.05, 0) is 43.7 Å². The first-order valence-electron chi connectivity index (χ1n) is 9.22. The molecule has 158 valence electrons. The van der Waals surface area contributed by atoms with Gasteiger partial charge in [-0.25, -0.2) is 4.79 Å². The summed E-state index contributed by atoms with van der Waals surface area (Å²) in [5.74, 6) is -5.95. The van der Waals surface area contributed by atoms with Crippen molar-refractivity contribution < 1.29 is 18.7 Å². The van der Waals surface area contributed by atoms with E-state index in [0.29, 0.717) is 27.7 Å². The summed E-state index contributed by atoms with van der Waals surface area (Å²) in [5.41, 5.74) is 0.0713. The van der Waals surface area contributed by atoms with E-state index in [4.69, 9.17) is 10.8 Å². The number of fused-ring (bicyclic) bond motifs is 1. The Hall–Kier alpha value is -3.40. The molecule has 3 heterocycles.